The van der Waals surface area contributed by atoms with Crippen LogP contribution in [0.4, 0.5) is 4.39 Å². The van der Waals surface area contributed by atoms with Crippen molar-refractivity contribution in [3.63, 3.8) is 0 Å². The molecule has 0 bridgehead atoms. The number of phenolic OH excluding ortho intramolecular Hbond substituents is 1. The van der Waals surface area contributed by atoms with Gasteiger partial charge in [-0.2, -0.15) is 0 Å². The summed E-state index contributed by atoms with van der Waals surface area (Å²) in [4.78, 5) is 11.6. The Labute approximate surface area is 147 Å². The Hall–Kier alpha value is -2.90. The molecule has 1 amide bonds. The minimum absolute atomic E-state index is 0.0277. The monoisotopic (exact) mass is 363 g/mol. The summed E-state index contributed by atoms with van der Waals surface area (Å²) in [6.07, 6.45) is -0.407. The van der Waals surface area contributed by atoms with Crippen LogP contribution in [0.5, 0.6) is 5.75 Å². The summed E-state index contributed by atoms with van der Waals surface area (Å²) in [6.45, 7) is 0. The number of carbonyl (C=O) groups is 1. The summed E-state index contributed by atoms with van der Waals surface area (Å²) >= 11 is 5.74. The molecular weight excluding hydrogens is 349 g/mol. The molecule has 2 rings (SSSR count). The van der Waals surface area contributed by atoms with Crippen LogP contribution in [-0.2, 0) is 4.79 Å². The maximum Gasteiger partial charge on any atom is 0.247 e. The molecule has 0 saturated heterocycles. The molecule has 0 aliphatic carbocycles. The molecule has 0 unspecified atom stereocenters. The number of rotatable bonds is 5. The molecule has 2 aromatic rings. The van der Waals surface area contributed by atoms with Gasteiger partial charge in [-0.1, -0.05) is 41.9 Å². The topological polar surface area (TPSA) is 119 Å². The van der Waals surface area contributed by atoms with E-state index in [2.05, 4.69) is 0 Å². The first-order chi connectivity index (χ1) is 11.8. The molecule has 0 radical (unpaired) electrons. The molecule has 0 saturated carbocycles. The van der Waals surface area contributed by atoms with E-state index in [-0.39, 0.29) is 27.6 Å². The van der Waals surface area contributed by atoms with Gasteiger partial charge in [0, 0.05) is 16.8 Å². The highest BCUT2D eigenvalue weighted by Gasteiger charge is 2.19. The number of halogens is 2. The molecule has 0 spiro atoms. The maximum atomic E-state index is 13.7. The fraction of sp³-hybridized carbons (Fsp3) is 0.0588. The quantitative estimate of drug-likeness (QED) is 0.319. The van der Waals surface area contributed by atoms with Gasteiger partial charge in [-0.25, -0.2) is 9.87 Å². The Bertz CT molecular complexity index is 830. The van der Waals surface area contributed by atoms with Crippen molar-refractivity contribution in [3.05, 3.63) is 70.0 Å². The first-order valence-electron chi connectivity index (χ1n) is 7.09. The molecule has 130 valence electrons. The van der Waals surface area contributed by atoms with E-state index >= 15 is 0 Å². The summed E-state index contributed by atoms with van der Waals surface area (Å²) in [5, 5.41) is 26.2. The highest BCUT2D eigenvalue weighted by Crippen LogP contribution is 2.30. The summed E-state index contributed by atoms with van der Waals surface area (Å²) in [7, 11) is 0. The van der Waals surface area contributed by atoms with Crippen LogP contribution in [-0.4, -0.2) is 21.9 Å². The van der Waals surface area contributed by atoms with Gasteiger partial charge in [0.15, 0.2) is 11.6 Å². The zero-order valence-electron chi connectivity index (χ0n) is 12.9. The third-order valence-corrected chi connectivity index (χ3v) is 3.77. The Balaban J connectivity index is 2.56. The number of benzene rings is 2. The van der Waals surface area contributed by atoms with Gasteiger partial charge >= 0.3 is 0 Å². The number of amides is 1. The summed E-state index contributed by atoms with van der Waals surface area (Å²) in [6, 6.07) is 10.7. The lowest BCUT2D eigenvalue weighted by Crippen LogP contribution is -2.23. The number of nitrogens with one attached hydrogen (secondary N) is 2. The molecule has 0 heterocycles. The molecule has 0 aliphatic heterocycles. The van der Waals surface area contributed by atoms with Crippen LogP contribution < -0.4 is 11.2 Å². The number of nitrogens with two attached hydrogens (primary N) is 1. The molecule has 0 aliphatic rings. The van der Waals surface area contributed by atoms with E-state index in [1.165, 1.54) is 11.5 Å². The Morgan fingerprint density at radius 1 is 1.24 bits per heavy atom. The van der Waals surface area contributed by atoms with Crippen LogP contribution in [0.15, 0.2) is 48.0 Å². The summed E-state index contributed by atoms with van der Waals surface area (Å²) in [5.41, 5.74) is 8.08. The van der Waals surface area contributed by atoms with Gasteiger partial charge in [0.05, 0.1) is 17.2 Å². The van der Waals surface area contributed by atoms with E-state index in [0.29, 0.717) is 5.56 Å². The van der Waals surface area contributed by atoms with E-state index in [1.54, 1.807) is 30.3 Å². The summed E-state index contributed by atoms with van der Waals surface area (Å²) < 4.78 is 13.7. The molecule has 25 heavy (non-hydrogen) atoms. The van der Waals surface area contributed by atoms with Crippen molar-refractivity contribution in [3.8, 4) is 5.75 Å². The standard InChI is InChI=1S/C17H15ClFN3O3/c18-12-6-10(7-13(19)17(12)24)16(21)11(8-14(23)22-25)15(20)9-4-2-1-3-5-9/h1-7,21,24-25H,8,20H2,(H,22,23)/b15-11-,21-16?. The van der Waals surface area contributed by atoms with Crippen molar-refractivity contribution in [2.75, 3.05) is 0 Å². The van der Waals surface area contributed by atoms with E-state index in [9.17, 15) is 14.3 Å². The number of aromatic hydroxyl groups is 1. The number of carbonyl (C=O) groups excluding carboxylic acids is 1. The highest BCUT2D eigenvalue weighted by atomic mass is 35.5. The largest absolute Gasteiger partial charge is 0.504 e. The van der Waals surface area contributed by atoms with Crippen molar-refractivity contribution in [2.45, 2.75) is 6.42 Å². The molecule has 0 fully saturated rings. The molecule has 6 N–H and O–H groups in total. The number of hydrogen-bond donors (Lipinski definition) is 5. The van der Waals surface area contributed by atoms with Gasteiger partial charge < -0.3 is 10.8 Å². The molecule has 6 nitrogen and oxygen atoms in total. The second-order valence-electron chi connectivity index (χ2n) is 5.13. The fourth-order valence-corrected chi connectivity index (χ4v) is 2.40. The van der Waals surface area contributed by atoms with Crippen LogP contribution >= 0.6 is 11.6 Å². The minimum atomic E-state index is -1.00. The maximum absolute atomic E-state index is 13.7. The molecular formula is C17H15ClFN3O3. The molecule has 0 aromatic heterocycles. The molecule has 8 heteroatoms. The fourth-order valence-electron chi connectivity index (χ4n) is 2.19. The van der Waals surface area contributed by atoms with E-state index in [1.807, 2.05) is 0 Å². The lowest BCUT2D eigenvalue weighted by atomic mass is 9.95. The van der Waals surface area contributed by atoms with Crippen LogP contribution in [0.25, 0.3) is 5.70 Å². The SMILES string of the molecule is N=C(/C(CC(=O)NO)=C(\N)c1ccccc1)c1cc(F)c(O)c(Cl)c1. The van der Waals surface area contributed by atoms with E-state index < -0.39 is 23.9 Å². The zero-order chi connectivity index (χ0) is 18.6. The smallest absolute Gasteiger partial charge is 0.247 e. The van der Waals surface area contributed by atoms with Gasteiger partial charge in [0.1, 0.15) is 0 Å². The van der Waals surface area contributed by atoms with Crippen molar-refractivity contribution >= 4 is 28.9 Å². The zero-order valence-corrected chi connectivity index (χ0v) is 13.6. The third-order valence-electron chi connectivity index (χ3n) is 3.48. The second-order valence-corrected chi connectivity index (χ2v) is 5.54. The van der Waals surface area contributed by atoms with Gasteiger partial charge in [-0.3, -0.25) is 15.4 Å². The van der Waals surface area contributed by atoms with Gasteiger partial charge in [0.2, 0.25) is 5.91 Å². The molecule has 2 aromatic carbocycles. The highest BCUT2D eigenvalue weighted by molar-refractivity contribution is 6.32. The predicted octanol–water partition coefficient (Wildman–Crippen LogP) is 2.82. The lowest BCUT2D eigenvalue weighted by Gasteiger charge is -2.14. The molecule has 0 atom stereocenters. The minimum Gasteiger partial charge on any atom is -0.504 e. The van der Waals surface area contributed by atoms with Gasteiger partial charge in [-0.15, -0.1) is 0 Å². The Kier molecular flexibility index (Phi) is 5.74. The van der Waals surface area contributed by atoms with Crippen LogP contribution in [0.1, 0.15) is 17.5 Å². The van der Waals surface area contributed by atoms with Crippen LogP contribution in [0, 0.1) is 11.2 Å². The lowest BCUT2D eigenvalue weighted by molar-refractivity contribution is -0.128. The first-order valence-corrected chi connectivity index (χ1v) is 7.47. The normalized spacial score (nSPS) is 11.6. The number of hydroxylamine groups is 1. The third kappa shape index (κ3) is 4.14. The second kappa shape index (κ2) is 7.78. The van der Waals surface area contributed by atoms with Crippen LogP contribution in [0.2, 0.25) is 5.02 Å². The van der Waals surface area contributed by atoms with Gasteiger partial charge in [-0.05, 0) is 17.7 Å². The summed E-state index contributed by atoms with van der Waals surface area (Å²) in [5.74, 6) is -2.52. The Morgan fingerprint density at radius 3 is 2.44 bits per heavy atom. The van der Waals surface area contributed by atoms with Crippen molar-refractivity contribution < 1.29 is 19.5 Å². The predicted molar refractivity (Wildman–Crippen MR) is 92.0 cm³/mol. The van der Waals surface area contributed by atoms with E-state index in [0.717, 1.165) is 6.07 Å². The number of hydrogen-bond acceptors (Lipinski definition) is 5. The van der Waals surface area contributed by atoms with Crippen molar-refractivity contribution in [1.29, 1.82) is 5.41 Å². The van der Waals surface area contributed by atoms with E-state index in [4.69, 9.17) is 28.0 Å². The van der Waals surface area contributed by atoms with Gasteiger partial charge in [0.25, 0.3) is 0 Å². The average molecular weight is 364 g/mol. The average Bonchev–Trinajstić information content (AvgIpc) is 2.63. The van der Waals surface area contributed by atoms with Crippen molar-refractivity contribution in [2.24, 2.45) is 5.73 Å². The Morgan fingerprint density at radius 2 is 1.88 bits per heavy atom. The number of phenols is 1. The van der Waals surface area contributed by atoms with Crippen LogP contribution in [0.3, 0.4) is 0 Å². The first kappa shape index (κ1) is 18.4. The van der Waals surface area contributed by atoms with Crippen molar-refractivity contribution in [1.82, 2.24) is 5.48 Å².